The van der Waals surface area contributed by atoms with Crippen LogP contribution in [0.3, 0.4) is 0 Å². The average molecular weight is 254 g/mol. The van der Waals surface area contributed by atoms with Crippen molar-refractivity contribution in [3.63, 3.8) is 0 Å². The third-order valence-corrected chi connectivity index (χ3v) is 2.05. The highest BCUT2D eigenvalue weighted by Gasteiger charge is 2.32. The molecule has 1 unspecified atom stereocenters. The lowest BCUT2D eigenvalue weighted by atomic mass is 9.75. The Kier molecular flexibility index (Phi) is 7.50. The Balaban J connectivity index is 4.69. The summed E-state index contributed by atoms with van der Waals surface area (Å²) < 4.78 is 4.59. The van der Waals surface area contributed by atoms with Crippen molar-refractivity contribution in [2.75, 3.05) is 7.05 Å². The van der Waals surface area contributed by atoms with Gasteiger partial charge >= 0.3 is 13.1 Å². The highest BCUT2D eigenvalue weighted by molar-refractivity contribution is 6.62. The molecule has 0 aliphatic heterocycles. The molecule has 0 bridgehead atoms. The molecule has 0 aromatic carbocycles. The van der Waals surface area contributed by atoms with Crippen LogP contribution in [0.1, 0.15) is 20.3 Å². The van der Waals surface area contributed by atoms with E-state index in [0.29, 0.717) is 6.42 Å². The van der Waals surface area contributed by atoms with Crippen molar-refractivity contribution >= 4 is 31.2 Å². The van der Waals surface area contributed by atoms with E-state index in [2.05, 4.69) is 14.6 Å². The van der Waals surface area contributed by atoms with Crippen molar-refractivity contribution in [3.05, 3.63) is 0 Å². The number of aldehydes is 1. The Morgan fingerprint density at radius 3 is 2.56 bits per heavy atom. The Bertz CT molecular complexity index is 376. The van der Waals surface area contributed by atoms with E-state index in [4.69, 9.17) is 0 Å². The van der Waals surface area contributed by atoms with Crippen LogP contribution >= 0.6 is 0 Å². The molecule has 0 spiro atoms. The third-order valence-electron chi connectivity index (χ3n) is 2.05. The molecule has 7 nitrogen and oxygen atoms in total. The lowest BCUT2D eigenvalue weighted by Gasteiger charge is -2.15. The predicted molar refractivity (Wildman–Crippen MR) is 64.9 cm³/mol. The molecule has 0 fully saturated rings. The second kappa shape index (κ2) is 8.33. The van der Waals surface area contributed by atoms with Gasteiger partial charge in [0.25, 0.3) is 0 Å². The second-order valence-corrected chi connectivity index (χ2v) is 3.94. The van der Waals surface area contributed by atoms with Crippen molar-refractivity contribution in [2.45, 2.75) is 26.2 Å². The van der Waals surface area contributed by atoms with E-state index in [1.807, 2.05) is 13.8 Å². The van der Waals surface area contributed by atoms with Gasteiger partial charge in [-0.3, -0.25) is 9.79 Å². The molecule has 8 heteroatoms. The van der Waals surface area contributed by atoms with Gasteiger partial charge in [-0.15, -0.1) is 0 Å². The van der Waals surface area contributed by atoms with E-state index >= 15 is 0 Å². The highest BCUT2D eigenvalue weighted by atomic mass is 16.6. The normalized spacial score (nSPS) is 12.6. The summed E-state index contributed by atoms with van der Waals surface area (Å²) in [4.78, 5) is 38.7. The fourth-order valence-corrected chi connectivity index (χ4v) is 1.22. The molecule has 0 aromatic heterocycles. The molecule has 0 rings (SSSR count). The van der Waals surface area contributed by atoms with Gasteiger partial charge in [0.2, 0.25) is 6.08 Å². The number of isocyanates is 1. The minimum absolute atomic E-state index is 0.130. The number of aliphatic imine (C=N–C) groups is 2. The molecule has 0 radical (unpaired) electrons. The molecular formula is C10H15BN2O5. The van der Waals surface area contributed by atoms with Crippen molar-refractivity contribution in [1.29, 1.82) is 0 Å². The van der Waals surface area contributed by atoms with Crippen LogP contribution in [0, 0.1) is 5.92 Å². The number of nitrogens with zero attached hydrogens (tertiary/aromatic N) is 2. The van der Waals surface area contributed by atoms with E-state index in [0.717, 1.165) is 0 Å². The number of hydrogen-bond acceptors (Lipinski definition) is 7. The van der Waals surface area contributed by atoms with Crippen molar-refractivity contribution < 1.29 is 24.1 Å². The number of hydrogen-bond donors (Lipinski definition) is 1. The smallest absolute Gasteiger partial charge is 0.503 e. The molecule has 1 atom stereocenters. The van der Waals surface area contributed by atoms with Gasteiger partial charge in [-0.1, -0.05) is 13.8 Å². The summed E-state index contributed by atoms with van der Waals surface area (Å²) >= 11 is 0. The SMILES string of the molecule is CN=C(C=O)C(=O)OB(O)C(CC(C)C)N=C=O. The van der Waals surface area contributed by atoms with Crippen LogP contribution in [0.15, 0.2) is 9.98 Å². The fraction of sp³-hybridized carbons (Fsp3) is 0.600. The van der Waals surface area contributed by atoms with Gasteiger partial charge in [-0.25, -0.2) is 14.6 Å². The number of rotatable bonds is 7. The average Bonchev–Trinajstić information content (AvgIpc) is 2.29. The van der Waals surface area contributed by atoms with Gasteiger partial charge in [0, 0.05) is 7.05 Å². The van der Waals surface area contributed by atoms with Crippen molar-refractivity contribution in [2.24, 2.45) is 15.9 Å². The minimum Gasteiger partial charge on any atom is -0.503 e. The van der Waals surface area contributed by atoms with E-state index in [1.165, 1.54) is 13.1 Å². The van der Waals surface area contributed by atoms with Gasteiger partial charge in [-0.2, -0.15) is 0 Å². The lowest BCUT2D eigenvalue weighted by molar-refractivity contribution is -0.128. The fourth-order valence-electron chi connectivity index (χ4n) is 1.22. The molecule has 0 saturated carbocycles. The van der Waals surface area contributed by atoms with Gasteiger partial charge < -0.3 is 9.68 Å². The van der Waals surface area contributed by atoms with Gasteiger partial charge in [0.05, 0.1) is 0 Å². The summed E-state index contributed by atoms with van der Waals surface area (Å²) in [6.45, 7) is 3.71. The maximum atomic E-state index is 11.3. The zero-order chi connectivity index (χ0) is 14.1. The zero-order valence-corrected chi connectivity index (χ0v) is 10.5. The molecule has 0 aliphatic carbocycles. The summed E-state index contributed by atoms with van der Waals surface area (Å²) in [5, 5.41) is 9.61. The van der Waals surface area contributed by atoms with Crippen LogP contribution in [-0.2, 0) is 19.0 Å². The quantitative estimate of drug-likeness (QED) is 0.218. The first kappa shape index (κ1) is 16.2. The van der Waals surface area contributed by atoms with Crippen molar-refractivity contribution in [1.82, 2.24) is 0 Å². The Labute approximate surface area is 105 Å². The van der Waals surface area contributed by atoms with E-state index in [-0.39, 0.29) is 12.2 Å². The number of carbonyl (C=O) groups excluding carboxylic acids is 3. The molecule has 0 aliphatic rings. The summed E-state index contributed by atoms with van der Waals surface area (Å²) in [6.07, 6.45) is 1.86. The molecule has 98 valence electrons. The largest absolute Gasteiger partial charge is 0.552 e. The topological polar surface area (TPSA) is 105 Å². The standard InChI is InChI=1S/C10H15BN2O5/c1-7(2)4-9(13-6-15)11(17)18-10(16)8(5-14)12-3/h5,7,9,17H,4H2,1-3H3. The third kappa shape index (κ3) is 5.52. The Morgan fingerprint density at radius 1 is 1.56 bits per heavy atom. The number of carbonyl (C=O) groups is 2. The zero-order valence-electron chi connectivity index (χ0n) is 10.5. The summed E-state index contributed by atoms with van der Waals surface area (Å²) in [6, 6.07) is 0. The van der Waals surface area contributed by atoms with Crippen molar-refractivity contribution in [3.8, 4) is 0 Å². The van der Waals surface area contributed by atoms with Crippen LogP contribution in [0.5, 0.6) is 0 Å². The van der Waals surface area contributed by atoms with E-state index in [9.17, 15) is 19.4 Å². The first-order valence-electron chi connectivity index (χ1n) is 5.34. The molecule has 0 amide bonds. The molecule has 0 saturated heterocycles. The Morgan fingerprint density at radius 2 is 2.17 bits per heavy atom. The summed E-state index contributed by atoms with van der Waals surface area (Å²) in [5.41, 5.74) is -0.451. The maximum Gasteiger partial charge on any atom is 0.552 e. The van der Waals surface area contributed by atoms with Gasteiger partial charge in [0.1, 0.15) is 5.94 Å². The molecule has 0 aromatic rings. The van der Waals surface area contributed by atoms with Crippen LogP contribution in [0.4, 0.5) is 0 Å². The maximum absolute atomic E-state index is 11.3. The minimum atomic E-state index is -1.61. The second-order valence-electron chi connectivity index (χ2n) is 3.94. The molecule has 1 N–H and O–H groups in total. The van der Waals surface area contributed by atoms with Gasteiger partial charge in [-0.05, 0) is 12.3 Å². The van der Waals surface area contributed by atoms with E-state index < -0.39 is 24.7 Å². The summed E-state index contributed by atoms with van der Waals surface area (Å²) in [7, 11) is -0.370. The van der Waals surface area contributed by atoms with Crippen LogP contribution in [0.25, 0.3) is 0 Å². The monoisotopic (exact) mass is 254 g/mol. The van der Waals surface area contributed by atoms with Crippen LogP contribution in [-0.4, -0.2) is 49.2 Å². The van der Waals surface area contributed by atoms with E-state index in [1.54, 1.807) is 0 Å². The highest BCUT2D eigenvalue weighted by Crippen LogP contribution is 2.10. The molecular weight excluding hydrogens is 239 g/mol. The predicted octanol–water partition coefficient (Wildman–Crippen LogP) is -0.431. The Hall–Kier alpha value is -1.79. The first-order valence-corrected chi connectivity index (χ1v) is 5.34. The van der Waals surface area contributed by atoms with Crippen LogP contribution in [0.2, 0.25) is 0 Å². The lowest BCUT2D eigenvalue weighted by Crippen LogP contribution is -2.38. The van der Waals surface area contributed by atoms with Gasteiger partial charge in [0.15, 0.2) is 12.0 Å². The van der Waals surface area contributed by atoms with Crippen LogP contribution < -0.4 is 0 Å². The first-order chi connectivity index (χ1) is 8.46. The molecule has 0 heterocycles. The molecule has 18 heavy (non-hydrogen) atoms. The summed E-state index contributed by atoms with van der Waals surface area (Å²) in [5.74, 6) is -1.84.